The number of nitrogens with zero attached hydrogens (tertiary/aromatic N) is 3. The van der Waals surface area contributed by atoms with E-state index in [1.54, 1.807) is 30.3 Å². The van der Waals surface area contributed by atoms with Gasteiger partial charge in [0, 0.05) is 35.4 Å². The number of halogens is 3. The molecule has 0 saturated carbocycles. The monoisotopic (exact) mass is 345 g/mol. The molecule has 0 aliphatic heterocycles. The molecule has 8 heteroatoms. The smallest absolute Gasteiger partial charge is 0.399 e. The average Bonchev–Trinajstić information content (AvgIpc) is 2.58. The van der Waals surface area contributed by atoms with Crippen LogP contribution in [0.15, 0.2) is 48.8 Å². The molecule has 0 amide bonds. The van der Waals surface area contributed by atoms with Crippen molar-refractivity contribution in [3.63, 3.8) is 0 Å². The summed E-state index contributed by atoms with van der Waals surface area (Å²) in [5.41, 5.74) is 7.05. The lowest BCUT2D eigenvalue weighted by Crippen LogP contribution is -2.11. The molecule has 0 fully saturated rings. The number of hydrogen-bond donors (Lipinski definition) is 2. The summed E-state index contributed by atoms with van der Waals surface area (Å²) in [5.74, 6) is -0.0101. The lowest BCUT2D eigenvalue weighted by atomic mass is 10.2. The highest BCUT2D eigenvalue weighted by Crippen LogP contribution is 2.32. The van der Waals surface area contributed by atoms with Gasteiger partial charge in [-0.05, 0) is 36.8 Å². The van der Waals surface area contributed by atoms with E-state index in [4.69, 9.17) is 5.73 Å². The Morgan fingerprint density at radius 3 is 2.40 bits per heavy atom. The molecule has 2 aromatic heterocycles. The number of nitrogens with two attached hydrogens (primary N) is 1. The summed E-state index contributed by atoms with van der Waals surface area (Å²) < 4.78 is 39.6. The van der Waals surface area contributed by atoms with Crippen molar-refractivity contribution in [2.45, 2.75) is 13.1 Å². The van der Waals surface area contributed by atoms with Crippen molar-refractivity contribution in [3.05, 3.63) is 60.0 Å². The highest BCUT2D eigenvalue weighted by atomic mass is 19.4. The van der Waals surface area contributed by atoms with Crippen molar-refractivity contribution in [1.82, 2.24) is 15.0 Å². The Balaban J connectivity index is 2.08. The molecule has 1 aromatic carbocycles. The number of alkyl halides is 3. The van der Waals surface area contributed by atoms with E-state index < -0.39 is 11.9 Å². The minimum absolute atomic E-state index is 0.0304. The van der Waals surface area contributed by atoms with Crippen molar-refractivity contribution in [2.75, 3.05) is 11.1 Å². The number of benzene rings is 1. The van der Waals surface area contributed by atoms with Crippen molar-refractivity contribution in [2.24, 2.45) is 0 Å². The molecule has 0 bridgehead atoms. The van der Waals surface area contributed by atoms with Gasteiger partial charge in [-0.25, -0.2) is 9.97 Å². The maximum absolute atomic E-state index is 13.2. The number of nitrogens with one attached hydrogen (secondary N) is 1. The number of rotatable bonds is 3. The van der Waals surface area contributed by atoms with E-state index in [2.05, 4.69) is 20.3 Å². The van der Waals surface area contributed by atoms with E-state index in [-0.39, 0.29) is 11.6 Å². The minimum Gasteiger partial charge on any atom is -0.399 e. The molecule has 0 atom stereocenters. The summed E-state index contributed by atoms with van der Waals surface area (Å²) >= 11 is 0. The van der Waals surface area contributed by atoms with Crippen LogP contribution in [0.2, 0.25) is 0 Å². The van der Waals surface area contributed by atoms with Crippen LogP contribution < -0.4 is 11.1 Å². The second-order valence-electron chi connectivity index (χ2n) is 5.40. The molecular weight excluding hydrogens is 331 g/mol. The van der Waals surface area contributed by atoms with Crippen LogP contribution in [0.4, 0.5) is 30.4 Å². The van der Waals surface area contributed by atoms with Crippen LogP contribution in [-0.2, 0) is 6.18 Å². The zero-order chi connectivity index (χ0) is 18.0. The third-order valence-electron chi connectivity index (χ3n) is 3.48. The maximum atomic E-state index is 13.2. The first-order valence-corrected chi connectivity index (χ1v) is 7.33. The van der Waals surface area contributed by atoms with Gasteiger partial charge in [-0.15, -0.1) is 0 Å². The number of pyridine rings is 1. The average molecular weight is 345 g/mol. The Morgan fingerprint density at radius 1 is 1.00 bits per heavy atom. The Morgan fingerprint density at radius 2 is 1.72 bits per heavy atom. The Bertz CT molecular complexity index is 895. The zero-order valence-electron chi connectivity index (χ0n) is 13.2. The molecule has 0 unspecified atom stereocenters. The third kappa shape index (κ3) is 3.85. The molecular formula is C17H14F3N5. The van der Waals surface area contributed by atoms with E-state index in [1.807, 2.05) is 6.92 Å². The van der Waals surface area contributed by atoms with Crippen LogP contribution >= 0.6 is 0 Å². The number of anilines is 3. The van der Waals surface area contributed by atoms with Crippen LogP contribution in [0, 0.1) is 6.92 Å². The summed E-state index contributed by atoms with van der Waals surface area (Å²) in [7, 11) is 0. The Labute approximate surface area is 141 Å². The predicted octanol–water partition coefficient (Wildman–Crippen LogP) is 4.19. The first kappa shape index (κ1) is 16.7. The Kier molecular flexibility index (Phi) is 4.26. The van der Waals surface area contributed by atoms with E-state index in [0.717, 1.165) is 11.6 Å². The summed E-state index contributed by atoms with van der Waals surface area (Å²) in [5, 5.41) is 2.89. The quantitative estimate of drug-likeness (QED) is 0.696. The molecule has 3 rings (SSSR count). The van der Waals surface area contributed by atoms with Gasteiger partial charge in [0.2, 0.25) is 0 Å². The number of aromatic nitrogens is 3. The molecule has 128 valence electrons. The van der Waals surface area contributed by atoms with E-state index in [1.165, 1.54) is 12.4 Å². The summed E-state index contributed by atoms with van der Waals surface area (Å²) in [6.07, 6.45) is -1.66. The van der Waals surface area contributed by atoms with Crippen LogP contribution in [0.5, 0.6) is 0 Å². The molecule has 0 radical (unpaired) electrons. The van der Waals surface area contributed by atoms with Gasteiger partial charge in [-0.1, -0.05) is 6.07 Å². The molecule has 0 aliphatic rings. The summed E-state index contributed by atoms with van der Waals surface area (Å²) in [6, 6.07) is 9.08. The number of hydrogen-bond acceptors (Lipinski definition) is 5. The summed E-state index contributed by atoms with van der Waals surface area (Å²) in [6.45, 7) is 1.82. The molecule has 3 aromatic rings. The number of nitrogen functional groups attached to an aromatic ring is 1. The molecule has 25 heavy (non-hydrogen) atoms. The number of aryl methyl sites for hydroxylation is 1. The lowest BCUT2D eigenvalue weighted by molar-refractivity contribution is -0.141. The topological polar surface area (TPSA) is 76.7 Å². The van der Waals surface area contributed by atoms with Gasteiger partial charge in [-0.2, -0.15) is 13.2 Å². The molecule has 0 saturated heterocycles. The first-order valence-electron chi connectivity index (χ1n) is 7.33. The van der Waals surface area contributed by atoms with E-state index in [0.29, 0.717) is 16.9 Å². The molecule has 0 aliphatic carbocycles. The van der Waals surface area contributed by atoms with Gasteiger partial charge in [0.15, 0.2) is 11.5 Å². The summed E-state index contributed by atoms with van der Waals surface area (Å²) in [4.78, 5) is 11.7. The lowest BCUT2D eigenvalue weighted by Gasteiger charge is -2.13. The van der Waals surface area contributed by atoms with Crippen molar-refractivity contribution < 1.29 is 13.2 Å². The van der Waals surface area contributed by atoms with Crippen LogP contribution in [0.25, 0.3) is 11.4 Å². The van der Waals surface area contributed by atoms with E-state index >= 15 is 0 Å². The van der Waals surface area contributed by atoms with Crippen LogP contribution in [-0.4, -0.2) is 15.0 Å². The van der Waals surface area contributed by atoms with Gasteiger partial charge < -0.3 is 11.1 Å². The fraction of sp³-hybridized carbons (Fsp3) is 0.118. The Hall–Kier alpha value is -3.16. The van der Waals surface area contributed by atoms with Gasteiger partial charge in [-0.3, -0.25) is 4.98 Å². The second-order valence-corrected chi connectivity index (χ2v) is 5.40. The van der Waals surface area contributed by atoms with Crippen molar-refractivity contribution in [3.8, 4) is 11.4 Å². The second kappa shape index (κ2) is 6.39. The first-order chi connectivity index (χ1) is 11.8. The van der Waals surface area contributed by atoms with Gasteiger partial charge in [0.25, 0.3) is 0 Å². The van der Waals surface area contributed by atoms with Crippen molar-refractivity contribution >= 4 is 17.2 Å². The van der Waals surface area contributed by atoms with Gasteiger partial charge in [0.05, 0.1) is 0 Å². The van der Waals surface area contributed by atoms with Gasteiger partial charge >= 0.3 is 6.18 Å². The highest BCUT2D eigenvalue weighted by molar-refractivity contribution is 5.67. The van der Waals surface area contributed by atoms with Crippen molar-refractivity contribution in [1.29, 1.82) is 0 Å². The van der Waals surface area contributed by atoms with Crippen LogP contribution in [0.3, 0.4) is 0 Å². The molecule has 0 spiro atoms. The minimum atomic E-state index is -4.59. The molecule has 2 heterocycles. The van der Waals surface area contributed by atoms with E-state index in [9.17, 15) is 13.2 Å². The largest absolute Gasteiger partial charge is 0.433 e. The predicted molar refractivity (Wildman–Crippen MR) is 89.1 cm³/mol. The van der Waals surface area contributed by atoms with Gasteiger partial charge in [0.1, 0.15) is 5.82 Å². The fourth-order valence-electron chi connectivity index (χ4n) is 2.20. The standard InChI is InChI=1S/C17H14F3N5/c1-10-2-3-12(21)8-13(10)23-15-9-14(17(18,19)20)24-16(25-15)11-4-6-22-7-5-11/h2-9H,21H2,1H3,(H,23,24,25). The fourth-order valence-corrected chi connectivity index (χ4v) is 2.20. The zero-order valence-corrected chi connectivity index (χ0v) is 13.2. The van der Waals surface area contributed by atoms with Crippen LogP contribution in [0.1, 0.15) is 11.3 Å². The SMILES string of the molecule is Cc1ccc(N)cc1Nc1cc(C(F)(F)F)nc(-c2ccncc2)n1. The molecule has 5 nitrogen and oxygen atoms in total. The maximum Gasteiger partial charge on any atom is 0.433 e. The normalized spacial score (nSPS) is 11.4. The highest BCUT2D eigenvalue weighted by Gasteiger charge is 2.34. The molecule has 3 N–H and O–H groups in total. The third-order valence-corrected chi connectivity index (χ3v) is 3.48.